The molecule has 0 unspecified atom stereocenters. The van der Waals surface area contributed by atoms with Crippen LogP contribution in [-0.4, -0.2) is 24.5 Å². The van der Waals surface area contributed by atoms with E-state index in [-0.39, 0.29) is 0 Å². The maximum atomic E-state index is 2.68. The fourth-order valence-corrected chi connectivity index (χ4v) is 3.35. The lowest BCUT2D eigenvalue weighted by Crippen LogP contribution is -2.56. The second kappa shape index (κ2) is 2.73. The fourth-order valence-electron chi connectivity index (χ4n) is 3.35. The molecule has 0 aromatic heterocycles. The van der Waals surface area contributed by atoms with Crippen LogP contribution in [0.4, 0.5) is 0 Å². The van der Waals surface area contributed by atoms with E-state index < -0.39 is 0 Å². The minimum absolute atomic E-state index is 0.472. The van der Waals surface area contributed by atoms with E-state index in [0.29, 0.717) is 10.8 Å². The van der Waals surface area contributed by atoms with Crippen LogP contribution >= 0.6 is 0 Å². The minimum atomic E-state index is 0.472. The van der Waals surface area contributed by atoms with Crippen LogP contribution < -0.4 is 0 Å². The number of piperidine rings is 2. The van der Waals surface area contributed by atoms with Crippen LogP contribution in [0.25, 0.3) is 0 Å². The van der Waals surface area contributed by atoms with Crippen molar-refractivity contribution in [1.29, 1.82) is 0 Å². The Hall–Kier alpha value is -0.0400. The smallest absolute Gasteiger partial charge is 0.00359 e. The molecule has 1 saturated carbocycles. The van der Waals surface area contributed by atoms with Crippen LogP contribution in [0.2, 0.25) is 0 Å². The normalized spacial score (nSPS) is 40.2. The second-order valence-electron chi connectivity index (χ2n) is 6.82. The zero-order valence-corrected chi connectivity index (χ0v) is 9.56. The van der Waals surface area contributed by atoms with Crippen LogP contribution in [0.5, 0.6) is 0 Å². The highest BCUT2D eigenvalue weighted by Gasteiger charge is 2.46. The Balaban J connectivity index is 1.90. The Morgan fingerprint density at radius 1 is 1.31 bits per heavy atom. The average molecular weight is 181 g/mol. The fraction of sp³-hybridized carbons (Fsp3) is 1.00. The summed E-state index contributed by atoms with van der Waals surface area (Å²) >= 11 is 0. The largest absolute Gasteiger partial charge is 0.302 e. The molecule has 0 radical (unpaired) electrons. The molecule has 1 nitrogen and oxygen atoms in total. The van der Waals surface area contributed by atoms with E-state index in [1.807, 2.05) is 0 Å². The molecule has 0 amide bonds. The number of nitrogens with zero attached hydrogens (tertiary/aromatic N) is 1. The quantitative estimate of drug-likeness (QED) is 0.601. The monoisotopic (exact) mass is 181 g/mol. The molecule has 0 aromatic rings. The summed E-state index contributed by atoms with van der Waals surface area (Å²) in [6.07, 6.45) is 2.99. The van der Waals surface area contributed by atoms with Gasteiger partial charge in [0.25, 0.3) is 0 Å². The van der Waals surface area contributed by atoms with Gasteiger partial charge in [-0.1, -0.05) is 27.7 Å². The maximum absolute atomic E-state index is 2.68. The molecule has 0 spiro atoms. The number of rotatable bonds is 1. The summed E-state index contributed by atoms with van der Waals surface area (Å²) in [5, 5.41) is 0. The van der Waals surface area contributed by atoms with E-state index in [2.05, 4.69) is 32.6 Å². The van der Waals surface area contributed by atoms with E-state index in [0.717, 1.165) is 5.92 Å². The molecule has 0 atom stereocenters. The van der Waals surface area contributed by atoms with Gasteiger partial charge in [0.2, 0.25) is 0 Å². The molecule has 0 aromatic carbocycles. The predicted octanol–water partition coefficient (Wildman–Crippen LogP) is 2.76. The molecule has 13 heavy (non-hydrogen) atoms. The van der Waals surface area contributed by atoms with Gasteiger partial charge in [-0.05, 0) is 29.6 Å². The van der Waals surface area contributed by atoms with Gasteiger partial charge in [-0.3, -0.25) is 0 Å². The van der Waals surface area contributed by atoms with Crippen molar-refractivity contribution in [2.75, 3.05) is 19.6 Å². The number of fused-ring (bicyclic) bond motifs is 2. The van der Waals surface area contributed by atoms with Gasteiger partial charge < -0.3 is 4.90 Å². The summed E-state index contributed by atoms with van der Waals surface area (Å²) < 4.78 is 0. The van der Waals surface area contributed by atoms with Crippen LogP contribution in [-0.2, 0) is 0 Å². The van der Waals surface area contributed by atoms with Gasteiger partial charge in [0.1, 0.15) is 0 Å². The van der Waals surface area contributed by atoms with Gasteiger partial charge in [0.15, 0.2) is 0 Å². The zero-order chi connectivity index (χ0) is 9.69. The summed E-state index contributed by atoms with van der Waals surface area (Å²) in [6, 6.07) is 0. The van der Waals surface area contributed by atoms with Gasteiger partial charge in [0.05, 0.1) is 0 Å². The first-order valence-electron chi connectivity index (χ1n) is 5.59. The molecule has 1 aliphatic carbocycles. The van der Waals surface area contributed by atoms with Crippen molar-refractivity contribution in [3.05, 3.63) is 0 Å². The number of hydrogen-bond donors (Lipinski definition) is 0. The Morgan fingerprint density at radius 2 is 1.92 bits per heavy atom. The van der Waals surface area contributed by atoms with E-state index in [4.69, 9.17) is 0 Å². The lowest BCUT2D eigenvalue weighted by Gasteiger charge is -2.56. The molecule has 76 valence electrons. The van der Waals surface area contributed by atoms with Gasteiger partial charge in [-0.2, -0.15) is 0 Å². The van der Waals surface area contributed by atoms with Crippen molar-refractivity contribution < 1.29 is 0 Å². The molecular formula is C12H23N. The summed E-state index contributed by atoms with van der Waals surface area (Å²) in [7, 11) is 0. The molecule has 2 aliphatic heterocycles. The van der Waals surface area contributed by atoms with Crippen molar-refractivity contribution >= 4 is 0 Å². The van der Waals surface area contributed by atoms with Crippen molar-refractivity contribution in [3.63, 3.8) is 0 Å². The Morgan fingerprint density at radius 3 is 2.38 bits per heavy atom. The van der Waals surface area contributed by atoms with Crippen LogP contribution in [0.3, 0.4) is 0 Å². The molecular weight excluding hydrogens is 158 g/mol. The Labute approximate surface area is 82.5 Å². The number of hydrogen-bond acceptors (Lipinski definition) is 1. The lowest BCUT2D eigenvalue weighted by molar-refractivity contribution is -0.0577. The average Bonchev–Trinajstić information content (AvgIpc) is 1.77. The van der Waals surface area contributed by atoms with Crippen molar-refractivity contribution in [3.8, 4) is 0 Å². The molecule has 1 heteroatoms. The standard InChI is InChI=1S/C12H23N/c1-11(2,3)8-13-7-10-5-12(4,6-10)9-13/h10H,5-9H2,1-4H3. The summed E-state index contributed by atoms with van der Waals surface area (Å²) in [4.78, 5) is 2.68. The highest BCUT2D eigenvalue weighted by atomic mass is 15.2. The third-order valence-electron chi connectivity index (χ3n) is 3.38. The van der Waals surface area contributed by atoms with Crippen LogP contribution in [0.1, 0.15) is 40.5 Å². The molecule has 0 N–H and O–H groups in total. The van der Waals surface area contributed by atoms with Crippen molar-refractivity contribution in [2.45, 2.75) is 40.5 Å². The van der Waals surface area contributed by atoms with Gasteiger partial charge >= 0.3 is 0 Å². The Bertz CT molecular complexity index is 194. The summed E-state index contributed by atoms with van der Waals surface area (Å²) in [5.74, 6) is 1.03. The second-order valence-corrected chi connectivity index (χ2v) is 6.82. The SMILES string of the molecule is CC(C)(C)CN1CC2CC(C)(C2)C1. The summed E-state index contributed by atoms with van der Waals surface area (Å²) in [5.41, 5.74) is 1.16. The minimum Gasteiger partial charge on any atom is -0.302 e. The lowest BCUT2D eigenvalue weighted by atomic mass is 9.60. The molecule has 3 aliphatic rings. The highest BCUT2D eigenvalue weighted by Crippen LogP contribution is 2.50. The summed E-state index contributed by atoms with van der Waals surface area (Å²) in [6.45, 7) is 13.5. The van der Waals surface area contributed by atoms with Gasteiger partial charge in [-0.25, -0.2) is 0 Å². The van der Waals surface area contributed by atoms with E-state index in [9.17, 15) is 0 Å². The van der Waals surface area contributed by atoms with Crippen molar-refractivity contribution in [2.24, 2.45) is 16.7 Å². The molecule has 2 saturated heterocycles. The topological polar surface area (TPSA) is 3.24 Å². The van der Waals surface area contributed by atoms with E-state index in [1.54, 1.807) is 0 Å². The first-order chi connectivity index (χ1) is 5.86. The van der Waals surface area contributed by atoms with Crippen LogP contribution in [0.15, 0.2) is 0 Å². The predicted molar refractivity (Wildman–Crippen MR) is 56.7 cm³/mol. The first-order valence-corrected chi connectivity index (χ1v) is 5.59. The van der Waals surface area contributed by atoms with E-state index in [1.165, 1.54) is 32.5 Å². The highest BCUT2D eigenvalue weighted by molar-refractivity contribution is 4.99. The molecule has 2 heterocycles. The van der Waals surface area contributed by atoms with Gasteiger partial charge in [-0.15, -0.1) is 0 Å². The van der Waals surface area contributed by atoms with Crippen LogP contribution in [0, 0.1) is 16.7 Å². The molecule has 2 bridgehead atoms. The third kappa shape index (κ3) is 2.07. The van der Waals surface area contributed by atoms with Crippen molar-refractivity contribution in [1.82, 2.24) is 4.90 Å². The Kier molecular flexibility index (Phi) is 1.99. The molecule has 3 fully saturated rings. The first kappa shape index (κ1) is 9.51. The third-order valence-corrected chi connectivity index (χ3v) is 3.38. The van der Waals surface area contributed by atoms with E-state index >= 15 is 0 Å². The molecule has 3 rings (SSSR count). The maximum Gasteiger partial charge on any atom is 0.00359 e. The zero-order valence-electron chi connectivity index (χ0n) is 9.56. The van der Waals surface area contributed by atoms with Gasteiger partial charge in [0, 0.05) is 19.6 Å².